The van der Waals surface area contributed by atoms with E-state index in [4.69, 9.17) is 4.74 Å². The lowest BCUT2D eigenvalue weighted by Gasteiger charge is -2.03. The van der Waals surface area contributed by atoms with Gasteiger partial charge in [-0.3, -0.25) is 4.98 Å². The number of pyridine rings is 2. The average Bonchev–Trinajstić information content (AvgIpc) is 2.17. The summed E-state index contributed by atoms with van der Waals surface area (Å²) in [6, 6.07) is 3.05. The summed E-state index contributed by atoms with van der Waals surface area (Å²) < 4.78 is 18.5. The Bertz CT molecular complexity index is 489. The Morgan fingerprint density at radius 2 is 2.14 bits per heavy atom. The molecule has 2 aromatic heterocycles. The molecule has 0 atom stereocenters. The molecule has 2 heterocycles. The van der Waals surface area contributed by atoms with Crippen LogP contribution in [0.4, 0.5) is 4.39 Å². The van der Waals surface area contributed by atoms with E-state index in [9.17, 15) is 4.39 Å². The van der Waals surface area contributed by atoms with Crippen molar-refractivity contribution in [1.82, 2.24) is 9.97 Å². The second-order valence-electron chi connectivity index (χ2n) is 2.67. The highest BCUT2D eigenvalue weighted by Gasteiger charge is 2.05. The third-order valence-corrected chi connectivity index (χ3v) is 2.32. The molecule has 0 unspecified atom stereocenters. The Hall–Kier alpha value is -1.23. The molecule has 0 fully saturated rings. The number of halogens is 2. The standard InChI is InChI=1S/C9H6BrFN2O/c1-14-9-6(10)3-7-8(13-9)2-5(11)4-12-7/h2-4H,1H3. The Morgan fingerprint density at radius 1 is 1.36 bits per heavy atom. The maximum absolute atomic E-state index is 12.8. The maximum Gasteiger partial charge on any atom is 0.228 e. The van der Waals surface area contributed by atoms with Crippen molar-refractivity contribution in [2.45, 2.75) is 0 Å². The minimum Gasteiger partial charge on any atom is -0.480 e. The molecule has 0 amide bonds. The Morgan fingerprint density at radius 3 is 2.86 bits per heavy atom. The van der Waals surface area contributed by atoms with Gasteiger partial charge in [-0.25, -0.2) is 9.37 Å². The highest BCUT2D eigenvalue weighted by atomic mass is 79.9. The second-order valence-corrected chi connectivity index (χ2v) is 3.53. The zero-order valence-electron chi connectivity index (χ0n) is 7.29. The lowest BCUT2D eigenvalue weighted by Crippen LogP contribution is -1.91. The minimum atomic E-state index is -0.408. The van der Waals surface area contributed by atoms with Crippen LogP contribution >= 0.6 is 15.9 Å². The number of fused-ring (bicyclic) bond motifs is 1. The molecular weight excluding hydrogens is 251 g/mol. The van der Waals surface area contributed by atoms with Crippen molar-refractivity contribution in [1.29, 1.82) is 0 Å². The third kappa shape index (κ3) is 1.55. The molecular formula is C9H6BrFN2O. The summed E-state index contributed by atoms with van der Waals surface area (Å²) in [6.07, 6.45) is 1.16. The van der Waals surface area contributed by atoms with Gasteiger partial charge in [-0.15, -0.1) is 0 Å². The maximum atomic E-state index is 12.8. The van der Waals surface area contributed by atoms with Gasteiger partial charge in [0.25, 0.3) is 0 Å². The fourth-order valence-electron chi connectivity index (χ4n) is 1.13. The van der Waals surface area contributed by atoms with Gasteiger partial charge in [0, 0.05) is 6.07 Å². The normalized spacial score (nSPS) is 10.5. The number of rotatable bonds is 1. The van der Waals surface area contributed by atoms with Crippen LogP contribution in [0.3, 0.4) is 0 Å². The molecule has 2 rings (SSSR count). The molecule has 2 aromatic rings. The van der Waals surface area contributed by atoms with E-state index < -0.39 is 5.82 Å². The van der Waals surface area contributed by atoms with Crippen LogP contribution in [0.2, 0.25) is 0 Å². The minimum absolute atomic E-state index is 0.408. The van der Waals surface area contributed by atoms with Crippen LogP contribution in [0.25, 0.3) is 11.0 Å². The van der Waals surface area contributed by atoms with Crippen molar-refractivity contribution >= 4 is 27.0 Å². The summed E-state index contributed by atoms with van der Waals surface area (Å²) in [5, 5.41) is 0. The number of hydrogen-bond acceptors (Lipinski definition) is 3. The lowest BCUT2D eigenvalue weighted by atomic mass is 10.3. The predicted octanol–water partition coefficient (Wildman–Crippen LogP) is 2.54. The molecule has 0 saturated heterocycles. The van der Waals surface area contributed by atoms with Crippen molar-refractivity contribution in [3.05, 3.63) is 28.6 Å². The van der Waals surface area contributed by atoms with Gasteiger partial charge in [0.15, 0.2) is 0 Å². The number of nitrogens with zero attached hydrogens (tertiary/aromatic N) is 2. The largest absolute Gasteiger partial charge is 0.480 e. The van der Waals surface area contributed by atoms with Crippen molar-refractivity contribution < 1.29 is 9.13 Å². The first-order chi connectivity index (χ1) is 6.70. The smallest absolute Gasteiger partial charge is 0.228 e. The van der Waals surface area contributed by atoms with Gasteiger partial charge in [-0.2, -0.15) is 0 Å². The molecule has 0 N–H and O–H groups in total. The van der Waals surface area contributed by atoms with Crippen LogP contribution in [0.5, 0.6) is 5.88 Å². The second kappa shape index (κ2) is 3.49. The summed E-state index contributed by atoms with van der Waals surface area (Å²) in [5.41, 5.74) is 1.10. The van der Waals surface area contributed by atoms with Gasteiger partial charge in [0.05, 0.1) is 28.8 Å². The molecule has 0 spiro atoms. The Labute approximate surface area is 88.1 Å². The lowest BCUT2D eigenvalue weighted by molar-refractivity contribution is 0.396. The molecule has 0 aromatic carbocycles. The van der Waals surface area contributed by atoms with Gasteiger partial charge < -0.3 is 4.74 Å². The summed E-state index contributed by atoms with van der Waals surface area (Å²) in [4.78, 5) is 7.98. The van der Waals surface area contributed by atoms with E-state index in [0.29, 0.717) is 21.4 Å². The van der Waals surface area contributed by atoms with Crippen LogP contribution in [-0.2, 0) is 0 Å². The van der Waals surface area contributed by atoms with E-state index in [-0.39, 0.29) is 0 Å². The molecule has 0 aliphatic heterocycles. The van der Waals surface area contributed by atoms with Crippen molar-refractivity contribution in [3.63, 3.8) is 0 Å². The zero-order chi connectivity index (χ0) is 10.1. The summed E-state index contributed by atoms with van der Waals surface area (Å²) in [6.45, 7) is 0. The van der Waals surface area contributed by atoms with Crippen molar-refractivity contribution in [2.24, 2.45) is 0 Å². The molecule has 0 aliphatic carbocycles. The predicted molar refractivity (Wildman–Crippen MR) is 53.7 cm³/mol. The summed E-state index contributed by atoms with van der Waals surface area (Å²) in [7, 11) is 1.51. The Kier molecular flexibility index (Phi) is 2.33. The SMILES string of the molecule is COc1nc2cc(F)cnc2cc1Br. The van der Waals surface area contributed by atoms with E-state index in [0.717, 1.165) is 6.20 Å². The van der Waals surface area contributed by atoms with Crippen molar-refractivity contribution in [2.75, 3.05) is 7.11 Å². The van der Waals surface area contributed by atoms with Crippen LogP contribution in [-0.4, -0.2) is 17.1 Å². The number of methoxy groups -OCH3 is 1. The quantitative estimate of drug-likeness (QED) is 0.787. The monoisotopic (exact) mass is 256 g/mol. The van der Waals surface area contributed by atoms with E-state index in [1.807, 2.05) is 0 Å². The molecule has 14 heavy (non-hydrogen) atoms. The average molecular weight is 257 g/mol. The topological polar surface area (TPSA) is 35.0 Å². The first-order valence-electron chi connectivity index (χ1n) is 3.86. The molecule has 0 saturated carbocycles. The van der Waals surface area contributed by atoms with Crippen molar-refractivity contribution in [3.8, 4) is 5.88 Å². The molecule has 72 valence electrons. The molecule has 3 nitrogen and oxygen atoms in total. The van der Waals surface area contributed by atoms with Gasteiger partial charge in [0.2, 0.25) is 5.88 Å². The molecule has 0 aliphatic rings. The van der Waals surface area contributed by atoms with Crippen LogP contribution in [0, 0.1) is 5.82 Å². The number of aromatic nitrogens is 2. The number of hydrogen-bond donors (Lipinski definition) is 0. The third-order valence-electron chi connectivity index (χ3n) is 1.75. The molecule has 5 heteroatoms. The van der Waals surface area contributed by atoms with E-state index in [1.54, 1.807) is 6.07 Å². The first kappa shape index (κ1) is 9.33. The molecule has 0 bridgehead atoms. The first-order valence-corrected chi connectivity index (χ1v) is 4.66. The van der Waals surface area contributed by atoms with E-state index in [1.165, 1.54) is 13.2 Å². The zero-order valence-corrected chi connectivity index (χ0v) is 8.88. The number of ether oxygens (including phenoxy) is 1. The van der Waals surface area contributed by atoms with Crippen LogP contribution in [0.15, 0.2) is 22.8 Å². The highest BCUT2D eigenvalue weighted by molar-refractivity contribution is 9.10. The van der Waals surface area contributed by atoms with Gasteiger partial charge in [-0.1, -0.05) is 0 Å². The summed E-state index contributed by atoms with van der Waals surface area (Å²) >= 11 is 3.27. The fourth-order valence-corrected chi connectivity index (χ4v) is 1.60. The highest BCUT2D eigenvalue weighted by Crippen LogP contribution is 2.25. The Balaban J connectivity index is 2.73. The fraction of sp³-hybridized carbons (Fsp3) is 0.111. The molecule has 0 radical (unpaired) electrons. The van der Waals surface area contributed by atoms with E-state index >= 15 is 0 Å². The van der Waals surface area contributed by atoms with Gasteiger partial charge in [0.1, 0.15) is 5.82 Å². The van der Waals surface area contributed by atoms with Gasteiger partial charge >= 0.3 is 0 Å². The van der Waals surface area contributed by atoms with E-state index in [2.05, 4.69) is 25.9 Å². The van der Waals surface area contributed by atoms with Gasteiger partial charge in [-0.05, 0) is 22.0 Å². The summed E-state index contributed by atoms with van der Waals surface area (Å²) in [5.74, 6) is 0.0132. The van der Waals surface area contributed by atoms with Crippen LogP contribution < -0.4 is 4.74 Å². The van der Waals surface area contributed by atoms with Crippen LogP contribution in [0.1, 0.15) is 0 Å².